The Hall–Kier alpha value is -18.7. The molecule has 0 aliphatic rings. The molecule has 626 valence electrons. The van der Waals surface area contributed by atoms with E-state index in [1.807, 2.05) is 315 Å². The first-order valence-electron chi connectivity index (χ1n) is 42.8. The molecule has 12 aromatic heterocycles. The van der Waals surface area contributed by atoms with Gasteiger partial charge in [-0.25, -0.2) is 64.2 Å². The van der Waals surface area contributed by atoms with Gasteiger partial charge in [-0.1, -0.05) is 291 Å². The lowest BCUT2D eigenvalue weighted by Gasteiger charge is -2.12. The number of halogens is 1. The van der Waals surface area contributed by atoms with Crippen LogP contribution in [0.1, 0.15) is 5.56 Å². The number of pyridine rings is 9. The van der Waals surface area contributed by atoms with Crippen LogP contribution in [-0.2, 0) is 0 Å². The van der Waals surface area contributed by atoms with E-state index in [4.69, 9.17) is 74.8 Å². The number of benzene rings is 10. The zero-order valence-corrected chi connectivity index (χ0v) is 70.9. The molecule has 0 saturated heterocycles. The summed E-state index contributed by atoms with van der Waals surface area (Å²) in [4.78, 5) is 85.9. The minimum absolute atomic E-state index is 0.399. The molecule has 0 aliphatic carbocycles. The zero-order valence-electron chi connectivity index (χ0n) is 70.9. The molecule has 22 rings (SSSR count). The Morgan fingerprint density at radius 3 is 0.744 bits per heavy atom. The number of hydrogen-bond donors (Lipinski definition) is 0. The smallest absolute Gasteiger partial charge is 0.165 e. The summed E-state index contributed by atoms with van der Waals surface area (Å²) >= 11 is 0. The summed E-state index contributed by atoms with van der Waals surface area (Å²) in [5.74, 6) is 4.79. The Balaban J connectivity index is 0.000000124. The van der Waals surface area contributed by atoms with E-state index >= 15 is 0 Å². The molecule has 10 aromatic carbocycles. The molecule has 0 bridgehead atoms. The highest BCUT2D eigenvalue weighted by atomic mass is 19.1. The molecule has 20 heteroatoms. The van der Waals surface area contributed by atoms with E-state index in [0.717, 1.165) is 106 Å². The standard InChI is InChI=1S/C40H26N6.C37H23N7.C36H23FN6/c1-3-13-28(14-4-1)38-44-39(29-15-5-2-6-16-29)46-40(45-38)30-21-22-35(42-26-30)37-25-31(24-36(43-37)34-20-9-10-23-41-34)33-19-11-17-27-12-7-8-18-32(27)33;38-22-25-16-18-31(39-23-25)33-20-30(26-10-4-1-5-11-26)21-34(41-33)32-19-17-29(24-40-32)37-43-35(27-12-6-2-7-13-27)42-36(44-37)28-14-8-3-9-15-28;37-29-17-19-31(39-23-29)33-21-28(24-10-4-1-5-11-24)20-32(40-33)30-18-16-27(22-38-30)36-42-34(25-12-6-2-7-13-25)41-35(43-36)26-14-8-3-9-15-26/h1-26H;1-21,23-24H;1-23H. The third-order valence-electron chi connectivity index (χ3n) is 21.8. The first-order chi connectivity index (χ1) is 65.7. The summed E-state index contributed by atoms with van der Waals surface area (Å²) in [6, 6.07) is 133. The molecule has 19 nitrogen and oxygen atoms in total. The fourth-order valence-electron chi connectivity index (χ4n) is 15.1. The molecule has 0 unspecified atom stereocenters. The molecule has 0 aliphatic heterocycles. The van der Waals surface area contributed by atoms with Crippen LogP contribution in [0.5, 0.6) is 0 Å². The maximum absolute atomic E-state index is 13.6. The van der Waals surface area contributed by atoms with E-state index in [2.05, 4.69) is 87.8 Å². The highest BCUT2D eigenvalue weighted by molar-refractivity contribution is 5.98. The van der Waals surface area contributed by atoms with Gasteiger partial charge in [0, 0.05) is 81.1 Å². The second kappa shape index (κ2) is 38.6. The van der Waals surface area contributed by atoms with E-state index in [-0.39, 0.29) is 0 Å². The van der Waals surface area contributed by atoms with Crippen LogP contribution in [0.3, 0.4) is 0 Å². The van der Waals surface area contributed by atoms with E-state index in [1.54, 1.807) is 43.1 Å². The molecule has 0 fully saturated rings. The van der Waals surface area contributed by atoms with E-state index in [0.29, 0.717) is 104 Å². The van der Waals surface area contributed by atoms with Gasteiger partial charge in [0.25, 0.3) is 0 Å². The van der Waals surface area contributed by atoms with Crippen molar-refractivity contribution in [1.29, 1.82) is 5.26 Å². The number of rotatable bonds is 18. The van der Waals surface area contributed by atoms with Crippen molar-refractivity contribution in [3.63, 3.8) is 0 Å². The average molecular weight is 1710 g/mol. The topological polar surface area (TPSA) is 256 Å². The van der Waals surface area contributed by atoms with Crippen molar-refractivity contribution in [2.45, 2.75) is 0 Å². The van der Waals surface area contributed by atoms with Crippen LogP contribution in [0.4, 0.5) is 4.39 Å². The number of aromatic nitrogens is 18. The molecular weight excluding hydrogens is 1640 g/mol. The second-order valence-electron chi connectivity index (χ2n) is 30.7. The molecular formula is C113H72FN19. The summed E-state index contributed by atoms with van der Waals surface area (Å²) in [5.41, 5.74) is 22.8. The molecule has 0 N–H and O–H groups in total. The summed E-state index contributed by atoms with van der Waals surface area (Å²) in [6.45, 7) is 0. The van der Waals surface area contributed by atoms with Gasteiger partial charge >= 0.3 is 0 Å². The molecule has 0 radical (unpaired) electrons. The van der Waals surface area contributed by atoms with Gasteiger partial charge < -0.3 is 0 Å². The van der Waals surface area contributed by atoms with Crippen molar-refractivity contribution < 1.29 is 4.39 Å². The molecule has 0 atom stereocenters. The van der Waals surface area contributed by atoms with Crippen molar-refractivity contribution in [1.82, 2.24) is 89.7 Å². The van der Waals surface area contributed by atoms with Crippen molar-refractivity contribution in [3.05, 3.63) is 449 Å². The van der Waals surface area contributed by atoms with Gasteiger partial charge in [0.1, 0.15) is 11.9 Å². The Morgan fingerprint density at radius 2 is 0.451 bits per heavy atom. The van der Waals surface area contributed by atoms with E-state index in [1.165, 1.54) is 23.0 Å². The minimum Gasteiger partial charge on any atom is -0.255 e. The summed E-state index contributed by atoms with van der Waals surface area (Å²) in [5, 5.41) is 11.6. The number of nitrogens with zero attached hydrogens (tertiary/aromatic N) is 19. The Bertz CT molecular complexity index is 7690. The second-order valence-corrected chi connectivity index (χ2v) is 30.7. The lowest BCUT2D eigenvalue weighted by Crippen LogP contribution is -2.00. The molecule has 22 aromatic rings. The number of nitriles is 1. The average Bonchev–Trinajstić information content (AvgIpc) is 0.784. The van der Waals surface area contributed by atoms with Gasteiger partial charge in [-0.05, 0) is 153 Å². The van der Waals surface area contributed by atoms with Crippen LogP contribution in [0, 0.1) is 17.1 Å². The van der Waals surface area contributed by atoms with Crippen molar-refractivity contribution >= 4 is 10.8 Å². The highest BCUT2D eigenvalue weighted by Crippen LogP contribution is 2.38. The normalized spacial score (nSPS) is 10.9. The lowest BCUT2D eigenvalue weighted by atomic mass is 9.97. The monoisotopic (exact) mass is 1710 g/mol. The van der Waals surface area contributed by atoms with Crippen LogP contribution in [-0.4, -0.2) is 89.7 Å². The summed E-state index contributed by atoms with van der Waals surface area (Å²) in [6.07, 6.45) is 9.87. The largest absolute Gasteiger partial charge is 0.255 e. The van der Waals surface area contributed by atoms with Gasteiger partial charge in [-0.15, -0.1) is 0 Å². The van der Waals surface area contributed by atoms with Crippen LogP contribution in [0.2, 0.25) is 0 Å². The molecule has 12 heterocycles. The van der Waals surface area contributed by atoms with Crippen LogP contribution in [0.25, 0.3) is 215 Å². The maximum atomic E-state index is 13.6. The molecule has 133 heavy (non-hydrogen) atoms. The Morgan fingerprint density at radius 1 is 0.180 bits per heavy atom. The van der Waals surface area contributed by atoms with Crippen molar-refractivity contribution in [2.24, 2.45) is 0 Å². The van der Waals surface area contributed by atoms with E-state index < -0.39 is 5.82 Å². The van der Waals surface area contributed by atoms with Gasteiger partial charge in [-0.2, -0.15) is 5.26 Å². The molecule has 0 saturated carbocycles. The third kappa shape index (κ3) is 19.2. The Kier molecular flexibility index (Phi) is 24.0. The number of fused-ring (bicyclic) bond motifs is 1. The van der Waals surface area contributed by atoms with Gasteiger partial charge in [0.05, 0.1) is 80.1 Å². The predicted molar refractivity (Wildman–Crippen MR) is 520 cm³/mol. The summed E-state index contributed by atoms with van der Waals surface area (Å²) < 4.78 is 13.6. The van der Waals surface area contributed by atoms with Crippen molar-refractivity contribution in [2.75, 3.05) is 0 Å². The van der Waals surface area contributed by atoms with Gasteiger partial charge in [-0.3, -0.25) is 29.9 Å². The van der Waals surface area contributed by atoms with Gasteiger partial charge in [0.15, 0.2) is 52.4 Å². The quantitative estimate of drug-likeness (QED) is 0.0773. The summed E-state index contributed by atoms with van der Waals surface area (Å²) in [7, 11) is 0. The fourth-order valence-corrected chi connectivity index (χ4v) is 15.1. The molecule has 0 amide bonds. The first-order valence-corrected chi connectivity index (χ1v) is 42.8. The SMILES string of the molecule is Fc1ccc(-c2cc(-c3ccccc3)cc(-c3ccc(-c4nc(-c5ccccc5)nc(-c5ccccc5)n4)cn3)n2)nc1.N#Cc1ccc(-c2cc(-c3ccccc3)cc(-c3ccc(-c4nc(-c5ccccc5)nc(-c5ccccc5)n4)cn3)n2)nc1.c1ccc(-c2nc(-c3ccccc3)nc(-c3ccc(-c4cc(-c5cccc6ccccc56)cc(-c5ccccn5)n4)nc3)n2)cc1. The van der Waals surface area contributed by atoms with Gasteiger partial charge in [0.2, 0.25) is 0 Å². The first kappa shape index (κ1) is 82.5. The lowest BCUT2D eigenvalue weighted by molar-refractivity contribution is 0.622. The third-order valence-corrected chi connectivity index (χ3v) is 21.8. The highest BCUT2D eigenvalue weighted by Gasteiger charge is 2.22. The Labute approximate surface area is 764 Å². The van der Waals surface area contributed by atoms with E-state index in [9.17, 15) is 9.65 Å². The molecule has 0 spiro atoms. The number of hydrogen-bond acceptors (Lipinski definition) is 19. The van der Waals surface area contributed by atoms with Crippen LogP contribution in [0.15, 0.2) is 438 Å². The zero-order chi connectivity index (χ0) is 89.4. The minimum atomic E-state index is -0.399. The maximum Gasteiger partial charge on any atom is 0.165 e. The predicted octanol–water partition coefficient (Wildman–Crippen LogP) is 25.3. The van der Waals surface area contributed by atoms with Crippen LogP contribution >= 0.6 is 0 Å². The van der Waals surface area contributed by atoms with Crippen LogP contribution < -0.4 is 0 Å². The fraction of sp³-hybridized carbons (Fsp3) is 0. The van der Waals surface area contributed by atoms with Crippen molar-refractivity contribution in [3.8, 4) is 210 Å².